The number of nitrogens with one attached hydrogen (secondary N) is 2. The molecule has 2 N–H and O–H groups in total. The number of amides is 1. The molecular weight excluding hydrogens is 298 g/mol. The van der Waals surface area contributed by atoms with Crippen LogP contribution in [0, 0.1) is 6.92 Å². The summed E-state index contributed by atoms with van der Waals surface area (Å²) in [4.78, 5) is 16.2. The maximum Gasteiger partial charge on any atom is 0.284 e. The highest BCUT2D eigenvalue weighted by Gasteiger charge is 2.14. The summed E-state index contributed by atoms with van der Waals surface area (Å²) in [6, 6.07) is 7.50. The first-order chi connectivity index (χ1) is 10.7. The molecule has 0 atom stereocenters. The summed E-state index contributed by atoms with van der Waals surface area (Å²) in [6.45, 7) is 3.89. The molecule has 0 saturated carbocycles. The minimum absolute atomic E-state index is 0.176. The standard InChI is InChI=1S/C16H19N3O2S/c1-11-10-22-16(18-11)15(20)19-12-2-4-13(5-3-12)21-14-6-8-17-9-7-14/h2-5,10,14,17H,6-9H2,1H3,(H,19,20). The van der Waals surface area contributed by atoms with Gasteiger partial charge in [-0.15, -0.1) is 11.3 Å². The van der Waals surface area contributed by atoms with Gasteiger partial charge in [-0.05, 0) is 57.1 Å². The van der Waals surface area contributed by atoms with E-state index in [1.165, 1.54) is 11.3 Å². The lowest BCUT2D eigenvalue weighted by molar-refractivity contribution is 0.102. The van der Waals surface area contributed by atoms with Crippen molar-refractivity contribution in [1.82, 2.24) is 10.3 Å². The summed E-state index contributed by atoms with van der Waals surface area (Å²) in [5, 5.41) is 8.51. The Bertz CT molecular complexity index is 633. The lowest BCUT2D eigenvalue weighted by atomic mass is 10.1. The number of thiazole rings is 1. The number of nitrogens with zero attached hydrogens (tertiary/aromatic N) is 1. The number of hydrogen-bond acceptors (Lipinski definition) is 5. The molecule has 1 amide bonds. The van der Waals surface area contributed by atoms with Crippen molar-refractivity contribution in [3.05, 3.63) is 40.3 Å². The highest BCUT2D eigenvalue weighted by Crippen LogP contribution is 2.20. The molecule has 0 bridgehead atoms. The number of piperidine rings is 1. The van der Waals surface area contributed by atoms with E-state index in [9.17, 15) is 4.79 Å². The van der Waals surface area contributed by atoms with Gasteiger partial charge in [0.15, 0.2) is 5.01 Å². The van der Waals surface area contributed by atoms with Crippen LogP contribution in [-0.2, 0) is 0 Å². The largest absolute Gasteiger partial charge is 0.490 e. The number of aromatic nitrogens is 1. The fraction of sp³-hybridized carbons (Fsp3) is 0.375. The normalized spacial score (nSPS) is 15.5. The SMILES string of the molecule is Cc1csc(C(=O)Nc2ccc(OC3CCNCC3)cc2)n1. The molecule has 3 rings (SSSR count). The molecule has 1 aliphatic heterocycles. The lowest BCUT2D eigenvalue weighted by Crippen LogP contribution is -2.34. The van der Waals surface area contributed by atoms with E-state index in [1.54, 1.807) is 0 Å². The maximum absolute atomic E-state index is 12.0. The minimum Gasteiger partial charge on any atom is -0.490 e. The molecule has 5 nitrogen and oxygen atoms in total. The Hall–Kier alpha value is -1.92. The first kappa shape index (κ1) is 15.0. The molecule has 0 spiro atoms. The zero-order chi connectivity index (χ0) is 15.4. The lowest BCUT2D eigenvalue weighted by Gasteiger charge is -2.23. The molecule has 6 heteroatoms. The molecule has 0 radical (unpaired) electrons. The quantitative estimate of drug-likeness (QED) is 0.910. The Kier molecular flexibility index (Phi) is 4.70. The average molecular weight is 317 g/mol. The molecule has 1 saturated heterocycles. The number of carbonyl (C=O) groups excluding carboxylic acids is 1. The maximum atomic E-state index is 12.0. The van der Waals surface area contributed by atoms with Gasteiger partial charge in [-0.25, -0.2) is 4.98 Å². The van der Waals surface area contributed by atoms with E-state index >= 15 is 0 Å². The van der Waals surface area contributed by atoms with E-state index in [-0.39, 0.29) is 12.0 Å². The molecule has 2 heterocycles. The van der Waals surface area contributed by atoms with Crippen LogP contribution < -0.4 is 15.4 Å². The van der Waals surface area contributed by atoms with Crippen LogP contribution in [0.3, 0.4) is 0 Å². The fourth-order valence-electron chi connectivity index (χ4n) is 2.37. The predicted molar refractivity (Wildman–Crippen MR) is 87.8 cm³/mol. The van der Waals surface area contributed by atoms with Crippen LogP contribution in [-0.4, -0.2) is 30.1 Å². The monoisotopic (exact) mass is 317 g/mol. The second-order valence-electron chi connectivity index (χ2n) is 5.34. The summed E-state index contributed by atoms with van der Waals surface area (Å²) < 4.78 is 5.94. The average Bonchev–Trinajstić information content (AvgIpc) is 2.97. The summed E-state index contributed by atoms with van der Waals surface area (Å²) in [5.74, 6) is 0.667. The number of hydrogen-bond donors (Lipinski definition) is 2. The molecule has 0 aliphatic carbocycles. The van der Waals surface area contributed by atoms with Gasteiger partial charge in [0.1, 0.15) is 11.9 Å². The van der Waals surface area contributed by atoms with Crippen LogP contribution >= 0.6 is 11.3 Å². The Balaban J connectivity index is 1.58. The summed E-state index contributed by atoms with van der Waals surface area (Å²) >= 11 is 1.35. The molecule has 1 aliphatic rings. The van der Waals surface area contributed by atoms with E-state index in [4.69, 9.17) is 4.74 Å². The van der Waals surface area contributed by atoms with E-state index in [0.29, 0.717) is 5.01 Å². The molecule has 1 aromatic heterocycles. The molecule has 1 aromatic carbocycles. The number of ether oxygens (including phenoxy) is 1. The van der Waals surface area contributed by atoms with Crippen molar-refractivity contribution >= 4 is 22.9 Å². The van der Waals surface area contributed by atoms with Crippen molar-refractivity contribution in [2.45, 2.75) is 25.9 Å². The third kappa shape index (κ3) is 3.84. The molecular formula is C16H19N3O2S. The number of carbonyl (C=O) groups is 1. The van der Waals surface area contributed by atoms with Gasteiger partial charge in [-0.3, -0.25) is 4.79 Å². The summed E-state index contributed by atoms with van der Waals surface area (Å²) in [7, 11) is 0. The van der Waals surface area contributed by atoms with Crippen LogP contribution in [0.4, 0.5) is 5.69 Å². The summed E-state index contributed by atoms with van der Waals surface area (Å²) in [6.07, 6.45) is 2.34. The first-order valence-electron chi connectivity index (χ1n) is 7.41. The zero-order valence-corrected chi connectivity index (χ0v) is 13.3. The Morgan fingerprint density at radius 2 is 2.05 bits per heavy atom. The Morgan fingerprint density at radius 3 is 2.68 bits per heavy atom. The second-order valence-corrected chi connectivity index (χ2v) is 6.20. The number of aryl methyl sites for hydroxylation is 1. The minimum atomic E-state index is -0.176. The third-order valence-corrected chi connectivity index (χ3v) is 4.47. The van der Waals surface area contributed by atoms with Crippen molar-refractivity contribution < 1.29 is 9.53 Å². The number of anilines is 1. The van der Waals surface area contributed by atoms with Gasteiger partial charge in [-0.2, -0.15) is 0 Å². The third-order valence-electron chi connectivity index (χ3n) is 3.51. The fourth-order valence-corrected chi connectivity index (χ4v) is 3.06. The van der Waals surface area contributed by atoms with Gasteiger partial charge in [0, 0.05) is 16.8 Å². The zero-order valence-electron chi connectivity index (χ0n) is 12.5. The van der Waals surface area contributed by atoms with Crippen molar-refractivity contribution in [1.29, 1.82) is 0 Å². The molecule has 0 unspecified atom stereocenters. The predicted octanol–water partition coefficient (Wildman–Crippen LogP) is 2.83. The van der Waals surface area contributed by atoms with Crippen molar-refractivity contribution in [2.24, 2.45) is 0 Å². The molecule has 116 valence electrons. The second kappa shape index (κ2) is 6.89. The van der Waals surface area contributed by atoms with Gasteiger partial charge >= 0.3 is 0 Å². The van der Waals surface area contributed by atoms with Gasteiger partial charge in [0.25, 0.3) is 5.91 Å². The number of benzene rings is 1. The first-order valence-corrected chi connectivity index (χ1v) is 8.29. The van der Waals surface area contributed by atoms with Gasteiger partial charge < -0.3 is 15.4 Å². The van der Waals surface area contributed by atoms with Crippen LogP contribution in [0.25, 0.3) is 0 Å². The van der Waals surface area contributed by atoms with Crippen LogP contribution in [0.2, 0.25) is 0 Å². The van der Waals surface area contributed by atoms with E-state index in [2.05, 4.69) is 15.6 Å². The number of rotatable bonds is 4. The highest BCUT2D eigenvalue weighted by atomic mass is 32.1. The van der Waals surface area contributed by atoms with E-state index in [0.717, 1.165) is 43.1 Å². The topological polar surface area (TPSA) is 63.2 Å². The Morgan fingerprint density at radius 1 is 1.32 bits per heavy atom. The van der Waals surface area contributed by atoms with Gasteiger partial charge in [0.2, 0.25) is 0 Å². The Labute approximate surface area is 133 Å². The van der Waals surface area contributed by atoms with E-state index < -0.39 is 0 Å². The smallest absolute Gasteiger partial charge is 0.284 e. The summed E-state index contributed by atoms with van der Waals surface area (Å²) in [5.41, 5.74) is 1.61. The highest BCUT2D eigenvalue weighted by molar-refractivity contribution is 7.11. The molecule has 1 fully saturated rings. The molecule has 22 heavy (non-hydrogen) atoms. The van der Waals surface area contributed by atoms with Gasteiger partial charge in [-0.1, -0.05) is 0 Å². The van der Waals surface area contributed by atoms with Crippen LogP contribution in [0.1, 0.15) is 28.3 Å². The van der Waals surface area contributed by atoms with Crippen molar-refractivity contribution in [3.8, 4) is 5.75 Å². The molecule has 2 aromatic rings. The van der Waals surface area contributed by atoms with E-state index in [1.807, 2.05) is 36.6 Å². The van der Waals surface area contributed by atoms with Crippen molar-refractivity contribution in [3.63, 3.8) is 0 Å². The van der Waals surface area contributed by atoms with Crippen LogP contribution in [0.15, 0.2) is 29.6 Å². The van der Waals surface area contributed by atoms with Crippen LogP contribution in [0.5, 0.6) is 5.75 Å². The van der Waals surface area contributed by atoms with Crippen molar-refractivity contribution in [2.75, 3.05) is 18.4 Å². The van der Waals surface area contributed by atoms with Gasteiger partial charge in [0.05, 0.1) is 0 Å².